The van der Waals surface area contributed by atoms with Gasteiger partial charge in [-0.15, -0.1) is 0 Å². The highest BCUT2D eigenvalue weighted by Gasteiger charge is 2.16. The van der Waals surface area contributed by atoms with Gasteiger partial charge in [0.25, 0.3) is 0 Å². The van der Waals surface area contributed by atoms with E-state index in [1.807, 2.05) is 0 Å². The molecule has 0 radical (unpaired) electrons. The van der Waals surface area contributed by atoms with Crippen molar-refractivity contribution in [2.75, 3.05) is 0 Å². The Morgan fingerprint density at radius 1 is 0.236 bits per heavy atom. The molecule has 12 aromatic rings. The highest BCUT2D eigenvalue weighted by molar-refractivity contribution is 6.33. The Labute approximate surface area is 317 Å². The molecule has 0 N–H and O–H groups in total. The Kier molecular flexibility index (Phi) is 6.40. The zero-order valence-electron chi connectivity index (χ0n) is 29.9. The van der Waals surface area contributed by atoms with Gasteiger partial charge >= 0.3 is 0 Å². The molecule has 0 amide bonds. The number of fused-ring (bicyclic) bond motifs is 13. The summed E-state index contributed by atoms with van der Waals surface area (Å²) >= 11 is 0. The lowest BCUT2D eigenvalue weighted by molar-refractivity contribution is 0.669. The van der Waals surface area contributed by atoms with Crippen molar-refractivity contribution < 1.29 is 4.42 Å². The Hall–Kier alpha value is -7.22. The van der Waals surface area contributed by atoms with Gasteiger partial charge in [-0.2, -0.15) is 0 Å². The van der Waals surface area contributed by atoms with Crippen LogP contribution in [0.15, 0.2) is 199 Å². The lowest BCUT2D eigenvalue weighted by atomic mass is 9.87. The summed E-state index contributed by atoms with van der Waals surface area (Å²) in [5.74, 6) is 0. The number of furan rings is 1. The maximum atomic E-state index is 6.59. The Morgan fingerprint density at radius 2 is 0.727 bits per heavy atom. The SMILES string of the molecule is c1ccc2c(-c3ccc4c(c3)oc3cc(-c5ccc6ccc(-c7cc8c9ccccc9c9ccccc9c8c8ccccc78)cc6c5)ccc34)cccc2c1. The van der Waals surface area contributed by atoms with Crippen LogP contribution in [0.2, 0.25) is 0 Å². The molecule has 254 valence electrons. The van der Waals surface area contributed by atoms with E-state index in [4.69, 9.17) is 4.42 Å². The van der Waals surface area contributed by atoms with Gasteiger partial charge in [-0.3, -0.25) is 0 Å². The van der Waals surface area contributed by atoms with Crippen molar-refractivity contribution >= 4 is 86.6 Å². The third kappa shape index (κ3) is 4.60. The van der Waals surface area contributed by atoms with E-state index in [1.54, 1.807) is 0 Å². The van der Waals surface area contributed by atoms with Crippen molar-refractivity contribution in [3.8, 4) is 33.4 Å². The molecular formula is C54H32O. The van der Waals surface area contributed by atoms with Crippen molar-refractivity contribution in [2.24, 2.45) is 0 Å². The molecule has 1 aromatic heterocycles. The summed E-state index contributed by atoms with van der Waals surface area (Å²) in [7, 11) is 0. The molecule has 11 aromatic carbocycles. The minimum atomic E-state index is 0.902. The molecule has 0 aliphatic carbocycles. The molecule has 0 atom stereocenters. The van der Waals surface area contributed by atoms with Crippen LogP contribution in [0, 0.1) is 0 Å². The first-order chi connectivity index (χ1) is 27.2. The molecule has 0 fully saturated rings. The van der Waals surface area contributed by atoms with E-state index < -0.39 is 0 Å². The van der Waals surface area contributed by atoms with Crippen LogP contribution < -0.4 is 0 Å². The highest BCUT2D eigenvalue weighted by Crippen LogP contribution is 2.43. The van der Waals surface area contributed by atoms with Crippen molar-refractivity contribution in [3.05, 3.63) is 194 Å². The molecule has 0 spiro atoms. The van der Waals surface area contributed by atoms with Crippen LogP contribution in [0.3, 0.4) is 0 Å². The van der Waals surface area contributed by atoms with Gasteiger partial charge in [0.05, 0.1) is 0 Å². The number of rotatable bonds is 3. The van der Waals surface area contributed by atoms with Crippen molar-refractivity contribution in [2.45, 2.75) is 0 Å². The van der Waals surface area contributed by atoms with Gasteiger partial charge in [-0.1, -0.05) is 152 Å². The van der Waals surface area contributed by atoms with Crippen LogP contribution in [0.25, 0.3) is 120 Å². The summed E-state index contributed by atoms with van der Waals surface area (Å²) in [4.78, 5) is 0. The van der Waals surface area contributed by atoms with E-state index in [9.17, 15) is 0 Å². The topological polar surface area (TPSA) is 13.1 Å². The minimum absolute atomic E-state index is 0.902. The maximum Gasteiger partial charge on any atom is 0.136 e. The molecular weight excluding hydrogens is 665 g/mol. The molecule has 1 nitrogen and oxygen atoms in total. The number of benzene rings is 11. The van der Waals surface area contributed by atoms with Crippen LogP contribution in [0.1, 0.15) is 0 Å². The van der Waals surface area contributed by atoms with Gasteiger partial charge in [0, 0.05) is 10.8 Å². The third-order valence-corrected chi connectivity index (χ3v) is 11.8. The molecule has 1 heterocycles. The number of hydrogen-bond acceptors (Lipinski definition) is 1. The minimum Gasteiger partial charge on any atom is -0.456 e. The predicted molar refractivity (Wildman–Crippen MR) is 235 cm³/mol. The van der Waals surface area contributed by atoms with Gasteiger partial charge in [-0.25, -0.2) is 0 Å². The largest absolute Gasteiger partial charge is 0.456 e. The third-order valence-electron chi connectivity index (χ3n) is 11.8. The molecule has 0 saturated heterocycles. The van der Waals surface area contributed by atoms with Crippen LogP contribution in [0.5, 0.6) is 0 Å². The quantitative estimate of drug-likeness (QED) is 0.168. The van der Waals surface area contributed by atoms with E-state index in [-0.39, 0.29) is 0 Å². The molecule has 0 aliphatic heterocycles. The predicted octanol–water partition coefficient (Wildman–Crippen LogP) is 15.5. The maximum absolute atomic E-state index is 6.59. The molecule has 1 heteroatoms. The first-order valence-corrected chi connectivity index (χ1v) is 19.0. The summed E-state index contributed by atoms with van der Waals surface area (Å²) in [5, 5.41) is 17.5. The van der Waals surface area contributed by atoms with Gasteiger partial charge in [0.2, 0.25) is 0 Å². The van der Waals surface area contributed by atoms with Gasteiger partial charge in [-0.05, 0) is 140 Å². The lowest BCUT2D eigenvalue weighted by Gasteiger charge is -2.16. The summed E-state index contributed by atoms with van der Waals surface area (Å²) < 4.78 is 6.59. The molecule has 0 saturated carbocycles. The van der Waals surface area contributed by atoms with Crippen LogP contribution in [-0.2, 0) is 0 Å². The fraction of sp³-hybridized carbons (Fsp3) is 0. The average Bonchev–Trinajstić information content (AvgIpc) is 3.62. The standard InChI is InChI=1S/C54H32O/c1-2-12-40-34(10-1)11-9-19-41(40)38-25-27-47-46-26-24-36(30-52(46)55-53(47)31-38)35-22-20-33-21-23-37(29-39(33)28-35)50-32-51-44-15-4-3-13-42(44)43-14-5-7-17-48(43)54(51)49-18-8-6-16-45(49)50/h1-32H. The normalized spacial score (nSPS) is 12.0. The average molecular weight is 697 g/mol. The fourth-order valence-corrected chi connectivity index (χ4v) is 9.20. The summed E-state index contributed by atoms with van der Waals surface area (Å²) in [5.41, 5.74) is 8.97. The smallest absolute Gasteiger partial charge is 0.136 e. The van der Waals surface area contributed by atoms with Gasteiger partial charge in [0.1, 0.15) is 11.2 Å². The van der Waals surface area contributed by atoms with Gasteiger partial charge in [0.15, 0.2) is 0 Å². The molecule has 12 rings (SSSR count). The molecule has 55 heavy (non-hydrogen) atoms. The van der Waals surface area contributed by atoms with E-state index in [0.29, 0.717) is 0 Å². The summed E-state index contributed by atoms with van der Waals surface area (Å²) in [6.45, 7) is 0. The second kappa shape index (κ2) is 11.6. The van der Waals surface area contributed by atoms with Gasteiger partial charge < -0.3 is 4.42 Å². The zero-order chi connectivity index (χ0) is 36.0. The van der Waals surface area contributed by atoms with Crippen molar-refractivity contribution in [1.29, 1.82) is 0 Å². The Bertz CT molecular complexity index is 3540. The molecule has 0 aliphatic rings. The molecule has 0 unspecified atom stereocenters. The van der Waals surface area contributed by atoms with Crippen LogP contribution in [-0.4, -0.2) is 0 Å². The fourth-order valence-electron chi connectivity index (χ4n) is 9.20. The van der Waals surface area contributed by atoms with Crippen LogP contribution >= 0.6 is 0 Å². The van der Waals surface area contributed by atoms with E-state index in [2.05, 4.69) is 194 Å². The summed E-state index contributed by atoms with van der Waals surface area (Å²) in [6.07, 6.45) is 0. The molecule has 0 bridgehead atoms. The number of hydrogen-bond donors (Lipinski definition) is 0. The first-order valence-electron chi connectivity index (χ1n) is 19.0. The van der Waals surface area contributed by atoms with Crippen LogP contribution in [0.4, 0.5) is 0 Å². The zero-order valence-corrected chi connectivity index (χ0v) is 29.9. The lowest BCUT2D eigenvalue weighted by Crippen LogP contribution is -1.89. The second-order valence-electron chi connectivity index (χ2n) is 14.8. The summed E-state index contributed by atoms with van der Waals surface area (Å²) in [6, 6.07) is 71.1. The van der Waals surface area contributed by atoms with Crippen molar-refractivity contribution in [1.82, 2.24) is 0 Å². The second-order valence-corrected chi connectivity index (χ2v) is 14.8. The Balaban J connectivity index is 0.987. The van der Waals surface area contributed by atoms with E-state index in [1.165, 1.54) is 86.9 Å². The monoisotopic (exact) mass is 696 g/mol. The van der Waals surface area contributed by atoms with E-state index >= 15 is 0 Å². The van der Waals surface area contributed by atoms with Crippen molar-refractivity contribution in [3.63, 3.8) is 0 Å². The first kappa shape index (κ1) is 30.3. The highest BCUT2D eigenvalue weighted by atomic mass is 16.3. The van der Waals surface area contributed by atoms with E-state index in [0.717, 1.165) is 33.1 Å². The Morgan fingerprint density at radius 3 is 1.49 bits per heavy atom.